The van der Waals surface area contributed by atoms with E-state index in [1.54, 1.807) is 0 Å². The standard InChI is InChI=1S/C13H14N2O7/c1-7-11(21-8(2)16)13(6-20-7,22-9(3)17)15-5-4-10(18)14-12(15)19/h4-5,11H,1,6H2,2-3H3,(H,14,18,19)/t11-,13-/m1/s1. The Labute approximate surface area is 124 Å². The molecule has 1 aromatic rings. The first-order chi connectivity index (χ1) is 10.3. The molecule has 2 rings (SSSR count). The zero-order valence-corrected chi connectivity index (χ0v) is 12.0. The number of ether oxygens (including phenoxy) is 3. The average Bonchev–Trinajstić information content (AvgIpc) is 2.67. The number of H-pyrrole nitrogens is 1. The van der Waals surface area contributed by atoms with Crippen LogP contribution < -0.4 is 11.2 Å². The van der Waals surface area contributed by atoms with Crippen LogP contribution in [0.2, 0.25) is 0 Å². The average molecular weight is 310 g/mol. The fourth-order valence-corrected chi connectivity index (χ4v) is 2.21. The highest BCUT2D eigenvalue weighted by Crippen LogP contribution is 2.36. The number of nitrogens with one attached hydrogen (secondary N) is 1. The minimum atomic E-state index is -1.77. The third kappa shape index (κ3) is 2.65. The van der Waals surface area contributed by atoms with Gasteiger partial charge in [-0.3, -0.25) is 23.9 Å². The highest BCUT2D eigenvalue weighted by atomic mass is 16.6. The molecule has 2 atom stereocenters. The third-order valence-electron chi connectivity index (χ3n) is 3.00. The Morgan fingerprint density at radius 3 is 2.64 bits per heavy atom. The predicted molar refractivity (Wildman–Crippen MR) is 71.7 cm³/mol. The molecule has 0 unspecified atom stereocenters. The maximum Gasteiger partial charge on any atom is 0.331 e. The van der Waals surface area contributed by atoms with Crippen LogP contribution in [-0.2, 0) is 29.5 Å². The molecule has 1 N–H and O–H groups in total. The highest BCUT2D eigenvalue weighted by Gasteiger charge is 2.55. The SMILES string of the molecule is C=C1OC[C@](OC(C)=O)(n2ccc(=O)[nH]c2=O)[C@@H]1OC(C)=O. The van der Waals surface area contributed by atoms with E-state index in [2.05, 4.69) is 6.58 Å². The Balaban J connectivity index is 2.63. The molecule has 0 saturated carbocycles. The van der Waals surface area contributed by atoms with Gasteiger partial charge in [-0.25, -0.2) is 4.79 Å². The van der Waals surface area contributed by atoms with Crippen LogP contribution in [0.15, 0.2) is 34.2 Å². The van der Waals surface area contributed by atoms with Gasteiger partial charge in [-0.05, 0) is 0 Å². The maximum absolute atomic E-state index is 12.0. The van der Waals surface area contributed by atoms with Gasteiger partial charge in [0.25, 0.3) is 11.3 Å². The fraction of sp³-hybridized carbons (Fsp3) is 0.385. The molecule has 0 radical (unpaired) electrons. The minimum absolute atomic E-state index is 0.0227. The van der Waals surface area contributed by atoms with Crippen molar-refractivity contribution in [1.82, 2.24) is 9.55 Å². The first kappa shape index (κ1) is 15.5. The number of hydrogen-bond acceptors (Lipinski definition) is 7. The molecule has 0 aliphatic carbocycles. The van der Waals surface area contributed by atoms with E-state index in [-0.39, 0.29) is 12.4 Å². The monoisotopic (exact) mass is 310 g/mol. The van der Waals surface area contributed by atoms with Gasteiger partial charge in [-0.1, -0.05) is 6.58 Å². The van der Waals surface area contributed by atoms with Crippen LogP contribution in [-0.4, -0.2) is 34.2 Å². The zero-order chi connectivity index (χ0) is 16.5. The number of aromatic nitrogens is 2. The van der Waals surface area contributed by atoms with Gasteiger partial charge in [-0.15, -0.1) is 0 Å². The number of aromatic amines is 1. The molecule has 0 spiro atoms. The summed E-state index contributed by atoms with van der Waals surface area (Å²) in [5.74, 6) is -1.38. The minimum Gasteiger partial charge on any atom is -0.488 e. The lowest BCUT2D eigenvalue weighted by Gasteiger charge is -2.32. The second kappa shape index (κ2) is 5.51. The van der Waals surface area contributed by atoms with Gasteiger partial charge < -0.3 is 14.2 Å². The summed E-state index contributed by atoms with van der Waals surface area (Å²) in [6.45, 7) is 5.57. The maximum atomic E-state index is 12.0. The summed E-state index contributed by atoms with van der Waals surface area (Å²) in [6, 6.07) is 1.07. The predicted octanol–water partition coefficient (Wildman–Crippen LogP) is -0.772. The first-order valence-electron chi connectivity index (χ1n) is 6.27. The topological polar surface area (TPSA) is 117 Å². The van der Waals surface area contributed by atoms with Crippen molar-refractivity contribution in [1.29, 1.82) is 0 Å². The van der Waals surface area contributed by atoms with Crippen molar-refractivity contribution < 1.29 is 23.8 Å². The van der Waals surface area contributed by atoms with Gasteiger partial charge >= 0.3 is 17.6 Å². The van der Waals surface area contributed by atoms with Crippen molar-refractivity contribution in [3.63, 3.8) is 0 Å². The quantitative estimate of drug-likeness (QED) is 0.728. The van der Waals surface area contributed by atoms with E-state index < -0.39 is 35.0 Å². The van der Waals surface area contributed by atoms with Crippen molar-refractivity contribution in [3.05, 3.63) is 45.4 Å². The molecule has 9 heteroatoms. The van der Waals surface area contributed by atoms with E-state index in [1.807, 2.05) is 4.98 Å². The van der Waals surface area contributed by atoms with Crippen LogP contribution in [0, 0.1) is 0 Å². The second-order valence-corrected chi connectivity index (χ2v) is 4.66. The summed E-state index contributed by atoms with van der Waals surface area (Å²) in [4.78, 5) is 48.0. The van der Waals surface area contributed by atoms with Crippen LogP contribution in [0.5, 0.6) is 0 Å². The molecule has 1 aliphatic rings. The summed E-state index contributed by atoms with van der Waals surface area (Å²) in [5, 5.41) is 0. The van der Waals surface area contributed by atoms with Gasteiger partial charge in [0.05, 0.1) is 0 Å². The molecule has 0 aromatic carbocycles. The molecule has 1 fully saturated rings. The Morgan fingerprint density at radius 2 is 2.09 bits per heavy atom. The smallest absolute Gasteiger partial charge is 0.331 e. The molecule has 22 heavy (non-hydrogen) atoms. The molecule has 1 aromatic heterocycles. The molecule has 118 valence electrons. The lowest BCUT2D eigenvalue weighted by atomic mass is 10.1. The molecule has 0 bridgehead atoms. The van der Waals surface area contributed by atoms with Crippen LogP contribution in [0.25, 0.3) is 0 Å². The summed E-state index contributed by atoms with van der Waals surface area (Å²) >= 11 is 0. The number of rotatable bonds is 3. The van der Waals surface area contributed by atoms with Gasteiger partial charge in [0, 0.05) is 26.1 Å². The normalized spacial score (nSPS) is 23.7. The second-order valence-electron chi connectivity index (χ2n) is 4.66. The molecule has 9 nitrogen and oxygen atoms in total. The fourth-order valence-electron chi connectivity index (χ4n) is 2.21. The molecule has 1 aliphatic heterocycles. The first-order valence-corrected chi connectivity index (χ1v) is 6.27. The van der Waals surface area contributed by atoms with Crippen molar-refractivity contribution in [2.24, 2.45) is 0 Å². The summed E-state index contributed by atoms with van der Waals surface area (Å²) < 4.78 is 16.5. The summed E-state index contributed by atoms with van der Waals surface area (Å²) in [6.07, 6.45) is -0.0970. The largest absolute Gasteiger partial charge is 0.488 e. The van der Waals surface area contributed by atoms with E-state index in [4.69, 9.17) is 14.2 Å². The highest BCUT2D eigenvalue weighted by molar-refractivity contribution is 5.68. The molecular weight excluding hydrogens is 296 g/mol. The van der Waals surface area contributed by atoms with Gasteiger partial charge in [0.1, 0.15) is 5.76 Å². The lowest BCUT2D eigenvalue weighted by Crippen LogP contribution is -2.54. The number of carbonyl (C=O) groups is 2. The van der Waals surface area contributed by atoms with Crippen LogP contribution in [0.3, 0.4) is 0 Å². The van der Waals surface area contributed by atoms with Gasteiger partial charge in [-0.2, -0.15) is 0 Å². The van der Waals surface area contributed by atoms with E-state index >= 15 is 0 Å². The third-order valence-corrected chi connectivity index (χ3v) is 3.00. The van der Waals surface area contributed by atoms with Crippen LogP contribution in [0.1, 0.15) is 13.8 Å². The van der Waals surface area contributed by atoms with Gasteiger partial charge in [0.15, 0.2) is 6.61 Å². The van der Waals surface area contributed by atoms with E-state index in [0.29, 0.717) is 0 Å². The van der Waals surface area contributed by atoms with E-state index in [1.165, 1.54) is 0 Å². The molecular formula is C13H14N2O7. The van der Waals surface area contributed by atoms with Crippen molar-refractivity contribution >= 4 is 11.9 Å². The van der Waals surface area contributed by atoms with Crippen LogP contribution >= 0.6 is 0 Å². The molecule has 2 heterocycles. The number of hydrogen-bond donors (Lipinski definition) is 1. The number of carbonyl (C=O) groups excluding carboxylic acids is 2. The summed E-state index contributed by atoms with van der Waals surface area (Å²) in [5.41, 5.74) is -3.24. The van der Waals surface area contributed by atoms with E-state index in [9.17, 15) is 19.2 Å². The molecule has 1 saturated heterocycles. The Morgan fingerprint density at radius 1 is 1.41 bits per heavy atom. The Bertz CT molecular complexity index is 747. The lowest BCUT2D eigenvalue weighted by molar-refractivity contribution is -0.194. The van der Waals surface area contributed by atoms with Gasteiger partial charge in [0.2, 0.25) is 6.10 Å². The Kier molecular flexibility index (Phi) is 3.89. The van der Waals surface area contributed by atoms with Crippen LogP contribution in [0.4, 0.5) is 0 Å². The van der Waals surface area contributed by atoms with Crippen molar-refractivity contribution in [3.8, 4) is 0 Å². The molecule has 0 amide bonds. The van der Waals surface area contributed by atoms with E-state index in [0.717, 1.165) is 30.7 Å². The van der Waals surface area contributed by atoms with Crippen molar-refractivity contribution in [2.75, 3.05) is 6.61 Å². The summed E-state index contributed by atoms with van der Waals surface area (Å²) in [7, 11) is 0. The number of nitrogens with zero attached hydrogens (tertiary/aromatic N) is 1. The Hall–Kier alpha value is -2.84. The zero-order valence-electron chi connectivity index (χ0n) is 12.0. The van der Waals surface area contributed by atoms with Crippen molar-refractivity contribution in [2.45, 2.75) is 25.7 Å². The number of esters is 2.